The number of nitrogens with zero attached hydrogens (tertiary/aromatic N) is 1. The molecule has 2 aromatic rings. The Hall–Kier alpha value is -3.62. The van der Waals surface area contributed by atoms with Crippen LogP contribution in [0.3, 0.4) is 0 Å². The van der Waals surface area contributed by atoms with Gasteiger partial charge in [0.2, 0.25) is 0 Å². The number of ether oxygens (including phenoxy) is 3. The molecule has 2 aromatic carbocycles. The van der Waals surface area contributed by atoms with Gasteiger partial charge in [-0.1, -0.05) is 12.1 Å². The fourth-order valence-corrected chi connectivity index (χ4v) is 2.19. The van der Waals surface area contributed by atoms with Crippen LogP contribution in [0.5, 0.6) is 11.5 Å². The van der Waals surface area contributed by atoms with Crippen molar-refractivity contribution in [3.05, 3.63) is 58.6 Å². The van der Waals surface area contributed by atoms with Crippen molar-refractivity contribution in [2.75, 3.05) is 25.1 Å². The van der Waals surface area contributed by atoms with Crippen LogP contribution in [-0.2, 0) is 14.3 Å². The predicted molar refractivity (Wildman–Crippen MR) is 100 cm³/mol. The lowest BCUT2D eigenvalue weighted by Crippen LogP contribution is -2.22. The third-order valence-electron chi connectivity index (χ3n) is 3.45. The number of esters is 1. The maximum absolute atomic E-state index is 11.8. The molecule has 0 saturated heterocycles. The predicted octanol–water partition coefficient (Wildman–Crippen LogP) is 2.94. The minimum absolute atomic E-state index is 0.0346. The lowest BCUT2D eigenvalue weighted by atomic mass is 10.2. The Morgan fingerprint density at radius 3 is 2.32 bits per heavy atom. The lowest BCUT2D eigenvalue weighted by Gasteiger charge is -2.09. The summed E-state index contributed by atoms with van der Waals surface area (Å²) in [5.41, 5.74) is -0.210. The molecule has 0 aliphatic carbocycles. The van der Waals surface area contributed by atoms with Crippen LogP contribution in [0, 0.1) is 10.1 Å². The van der Waals surface area contributed by atoms with Gasteiger partial charge >= 0.3 is 5.97 Å². The van der Waals surface area contributed by atoms with E-state index in [2.05, 4.69) is 5.32 Å². The SMILES string of the molecule is CCOc1ccc(OCCC(=O)OCC(=O)Nc2ccccc2[N+](=O)[O-])cc1. The zero-order valence-corrected chi connectivity index (χ0v) is 15.3. The van der Waals surface area contributed by atoms with Crippen LogP contribution in [0.15, 0.2) is 48.5 Å². The van der Waals surface area contributed by atoms with E-state index in [1.54, 1.807) is 30.3 Å². The van der Waals surface area contributed by atoms with Crippen molar-refractivity contribution in [3.8, 4) is 11.5 Å². The molecule has 0 saturated carbocycles. The summed E-state index contributed by atoms with van der Waals surface area (Å²) >= 11 is 0. The molecule has 28 heavy (non-hydrogen) atoms. The van der Waals surface area contributed by atoms with Gasteiger partial charge in [0.25, 0.3) is 11.6 Å². The van der Waals surface area contributed by atoms with Crippen molar-refractivity contribution in [1.82, 2.24) is 0 Å². The monoisotopic (exact) mass is 388 g/mol. The molecule has 0 aliphatic heterocycles. The number of benzene rings is 2. The van der Waals surface area contributed by atoms with E-state index in [4.69, 9.17) is 14.2 Å². The number of nitro groups is 1. The number of para-hydroxylation sites is 2. The second-order valence-corrected chi connectivity index (χ2v) is 5.49. The van der Waals surface area contributed by atoms with Gasteiger partial charge in [-0.2, -0.15) is 0 Å². The summed E-state index contributed by atoms with van der Waals surface area (Å²) < 4.78 is 15.6. The molecule has 2 rings (SSSR count). The number of carbonyl (C=O) groups excluding carboxylic acids is 2. The van der Waals surface area contributed by atoms with Crippen molar-refractivity contribution in [1.29, 1.82) is 0 Å². The van der Waals surface area contributed by atoms with Gasteiger partial charge < -0.3 is 19.5 Å². The average Bonchev–Trinajstić information content (AvgIpc) is 2.68. The highest BCUT2D eigenvalue weighted by molar-refractivity contribution is 5.94. The summed E-state index contributed by atoms with van der Waals surface area (Å²) in [5.74, 6) is 0.00281. The molecule has 0 aromatic heterocycles. The molecule has 0 bridgehead atoms. The summed E-state index contributed by atoms with van der Waals surface area (Å²) in [6.45, 7) is 1.99. The van der Waals surface area contributed by atoms with E-state index in [0.29, 0.717) is 12.4 Å². The van der Waals surface area contributed by atoms with E-state index in [9.17, 15) is 19.7 Å². The van der Waals surface area contributed by atoms with Crippen molar-refractivity contribution in [2.24, 2.45) is 0 Å². The summed E-state index contributed by atoms with van der Waals surface area (Å²) in [7, 11) is 0. The van der Waals surface area contributed by atoms with E-state index in [1.165, 1.54) is 18.2 Å². The third-order valence-corrected chi connectivity index (χ3v) is 3.45. The smallest absolute Gasteiger partial charge is 0.309 e. The molecule has 0 spiro atoms. The molecule has 0 radical (unpaired) electrons. The molecule has 0 aliphatic rings. The highest BCUT2D eigenvalue weighted by Gasteiger charge is 2.15. The first-order valence-corrected chi connectivity index (χ1v) is 8.54. The van der Waals surface area contributed by atoms with Gasteiger partial charge in [0.15, 0.2) is 6.61 Å². The van der Waals surface area contributed by atoms with Crippen LogP contribution in [0.1, 0.15) is 13.3 Å². The first-order chi connectivity index (χ1) is 13.5. The molecule has 9 nitrogen and oxygen atoms in total. The van der Waals surface area contributed by atoms with Crippen LogP contribution in [0.4, 0.5) is 11.4 Å². The van der Waals surface area contributed by atoms with Crippen molar-refractivity contribution >= 4 is 23.3 Å². The maximum Gasteiger partial charge on any atom is 0.309 e. The van der Waals surface area contributed by atoms with E-state index < -0.39 is 23.4 Å². The molecule has 0 heterocycles. The first-order valence-electron chi connectivity index (χ1n) is 8.54. The average molecular weight is 388 g/mol. The van der Waals surface area contributed by atoms with Crippen LogP contribution < -0.4 is 14.8 Å². The summed E-state index contributed by atoms with van der Waals surface area (Å²) in [6.07, 6.45) is -0.0496. The maximum atomic E-state index is 11.8. The minimum atomic E-state index is -0.671. The van der Waals surface area contributed by atoms with Gasteiger partial charge in [0, 0.05) is 6.07 Å². The quantitative estimate of drug-likeness (QED) is 0.378. The topological polar surface area (TPSA) is 117 Å². The Labute approximate surface area is 161 Å². The number of carbonyl (C=O) groups is 2. The molecular weight excluding hydrogens is 368 g/mol. The molecule has 0 atom stereocenters. The van der Waals surface area contributed by atoms with Gasteiger partial charge in [0.05, 0.1) is 24.6 Å². The highest BCUT2D eigenvalue weighted by atomic mass is 16.6. The zero-order valence-electron chi connectivity index (χ0n) is 15.3. The number of rotatable bonds is 10. The summed E-state index contributed by atoms with van der Waals surface area (Å²) in [4.78, 5) is 33.8. The van der Waals surface area contributed by atoms with Crippen molar-refractivity contribution < 1.29 is 28.7 Å². The second-order valence-electron chi connectivity index (χ2n) is 5.49. The molecule has 148 valence electrons. The number of amides is 1. The number of anilines is 1. The zero-order chi connectivity index (χ0) is 20.4. The van der Waals surface area contributed by atoms with E-state index >= 15 is 0 Å². The Morgan fingerprint density at radius 2 is 1.68 bits per heavy atom. The Morgan fingerprint density at radius 1 is 1.04 bits per heavy atom. The standard InChI is InChI=1S/C19H20N2O7/c1-2-26-14-7-9-15(10-8-14)27-12-11-19(23)28-13-18(22)20-16-5-3-4-6-17(16)21(24)25/h3-10H,2,11-13H2,1H3,(H,20,22). The number of hydrogen-bond donors (Lipinski definition) is 1. The van der Waals surface area contributed by atoms with Gasteiger partial charge in [-0.3, -0.25) is 19.7 Å². The highest BCUT2D eigenvalue weighted by Crippen LogP contribution is 2.23. The largest absolute Gasteiger partial charge is 0.494 e. The Kier molecular flexibility index (Phi) is 7.77. The lowest BCUT2D eigenvalue weighted by molar-refractivity contribution is -0.383. The van der Waals surface area contributed by atoms with Gasteiger partial charge in [-0.05, 0) is 37.3 Å². The van der Waals surface area contributed by atoms with Crippen LogP contribution in [0.25, 0.3) is 0 Å². The molecule has 9 heteroatoms. The Bertz CT molecular complexity index is 821. The fraction of sp³-hybridized carbons (Fsp3) is 0.263. The normalized spacial score (nSPS) is 10.0. The van der Waals surface area contributed by atoms with Crippen molar-refractivity contribution in [3.63, 3.8) is 0 Å². The first kappa shape index (κ1) is 20.7. The van der Waals surface area contributed by atoms with Crippen LogP contribution >= 0.6 is 0 Å². The summed E-state index contributed by atoms with van der Waals surface area (Å²) in [6, 6.07) is 12.6. The van der Waals surface area contributed by atoms with E-state index in [1.807, 2.05) is 6.92 Å². The number of nitro benzene ring substituents is 1. The summed E-state index contributed by atoms with van der Waals surface area (Å²) in [5, 5.41) is 13.2. The van der Waals surface area contributed by atoms with Crippen LogP contribution in [0.2, 0.25) is 0 Å². The van der Waals surface area contributed by atoms with Gasteiger partial charge in [-0.25, -0.2) is 0 Å². The van der Waals surface area contributed by atoms with Gasteiger partial charge in [-0.15, -0.1) is 0 Å². The fourth-order valence-electron chi connectivity index (χ4n) is 2.19. The molecule has 1 amide bonds. The Balaban J connectivity index is 1.70. The number of nitrogens with one attached hydrogen (secondary N) is 1. The van der Waals surface area contributed by atoms with Crippen molar-refractivity contribution in [2.45, 2.75) is 13.3 Å². The van der Waals surface area contributed by atoms with E-state index in [-0.39, 0.29) is 24.4 Å². The molecule has 0 unspecified atom stereocenters. The van der Waals surface area contributed by atoms with Crippen LogP contribution in [-0.4, -0.2) is 36.6 Å². The van der Waals surface area contributed by atoms with Gasteiger partial charge in [0.1, 0.15) is 17.2 Å². The van der Waals surface area contributed by atoms with E-state index in [0.717, 1.165) is 5.75 Å². The molecular formula is C19H20N2O7. The number of hydrogen-bond acceptors (Lipinski definition) is 7. The molecule has 1 N–H and O–H groups in total. The molecule has 0 fully saturated rings. The second kappa shape index (κ2) is 10.5. The minimum Gasteiger partial charge on any atom is -0.494 e. The third kappa shape index (κ3) is 6.60.